The second-order valence-corrected chi connectivity index (χ2v) is 24.5. The first-order chi connectivity index (χ1) is 34.5. The number of amides is 1. The molecule has 8 nitrogen and oxygen atoms in total. The first kappa shape index (κ1) is 70.2. The quantitative estimate of drug-likeness (QED) is 0.0272. The second kappa shape index (κ2) is 54.0. The third-order valence-corrected chi connectivity index (χ3v) is 15.7. The fourth-order valence-electron chi connectivity index (χ4n) is 9.80. The van der Waals surface area contributed by atoms with Crippen molar-refractivity contribution >= 4 is 13.7 Å². The molecule has 0 spiro atoms. The average Bonchev–Trinajstić information content (AvgIpc) is 3.33. The zero-order valence-electron chi connectivity index (χ0n) is 48.5. The van der Waals surface area contributed by atoms with E-state index in [1.165, 1.54) is 263 Å². The molecule has 0 heterocycles. The van der Waals surface area contributed by atoms with Crippen LogP contribution in [0.2, 0.25) is 0 Å². The Morgan fingerprint density at radius 2 is 0.775 bits per heavy atom. The Morgan fingerprint density at radius 1 is 0.479 bits per heavy atom. The van der Waals surface area contributed by atoms with Crippen molar-refractivity contribution in [1.82, 2.24) is 5.32 Å². The molecule has 0 aromatic carbocycles. The fourth-order valence-corrected chi connectivity index (χ4v) is 10.5. The molecule has 0 aliphatic heterocycles. The third kappa shape index (κ3) is 56.8. The van der Waals surface area contributed by atoms with E-state index in [1.54, 1.807) is 0 Å². The van der Waals surface area contributed by atoms with E-state index >= 15 is 0 Å². The molecule has 0 radical (unpaired) electrons. The second-order valence-electron chi connectivity index (χ2n) is 23.1. The predicted molar refractivity (Wildman–Crippen MR) is 307 cm³/mol. The molecule has 3 unspecified atom stereocenters. The molecule has 1 amide bonds. The minimum absolute atomic E-state index is 0.0157. The van der Waals surface area contributed by atoms with Crippen molar-refractivity contribution < 1.29 is 32.9 Å². The van der Waals surface area contributed by atoms with Crippen LogP contribution in [0.25, 0.3) is 0 Å². The summed E-state index contributed by atoms with van der Waals surface area (Å²) in [5.41, 5.74) is 0. The number of phosphoric acid groups is 1. The highest BCUT2D eigenvalue weighted by Crippen LogP contribution is 2.38. The van der Waals surface area contributed by atoms with E-state index in [9.17, 15) is 19.4 Å². The van der Waals surface area contributed by atoms with Crippen LogP contribution in [0, 0.1) is 0 Å². The van der Waals surface area contributed by atoms with E-state index in [-0.39, 0.29) is 19.1 Å². The predicted octanol–water partition coefficient (Wildman–Crippen LogP) is 18.8. The molecule has 0 aromatic rings. The molecule has 0 aliphatic rings. The summed E-state index contributed by atoms with van der Waals surface area (Å²) in [6.07, 6.45) is 66.9. The molecule has 2 N–H and O–H groups in total. The minimum Gasteiger partial charge on any atom is -0.756 e. The van der Waals surface area contributed by atoms with Gasteiger partial charge in [0.1, 0.15) is 13.2 Å². The molecule has 0 rings (SSSR count). The highest BCUT2D eigenvalue weighted by atomic mass is 31.2. The number of aliphatic hydroxyl groups excluding tert-OH is 1. The summed E-state index contributed by atoms with van der Waals surface area (Å²) < 4.78 is 23.5. The first-order valence-electron chi connectivity index (χ1n) is 31.5. The van der Waals surface area contributed by atoms with Gasteiger partial charge in [-0.1, -0.05) is 296 Å². The van der Waals surface area contributed by atoms with Gasteiger partial charge in [-0.2, -0.15) is 0 Å². The number of rotatable bonds is 59. The van der Waals surface area contributed by atoms with E-state index in [2.05, 4.69) is 31.3 Å². The number of nitrogens with one attached hydrogen (secondary N) is 1. The Morgan fingerprint density at radius 3 is 1.10 bits per heavy atom. The molecule has 0 saturated carbocycles. The lowest BCUT2D eigenvalue weighted by Gasteiger charge is -2.30. The number of phosphoric ester groups is 1. The molecular formula is C62H125N2O6P. The lowest BCUT2D eigenvalue weighted by Crippen LogP contribution is -2.46. The molecule has 0 fully saturated rings. The van der Waals surface area contributed by atoms with Crippen LogP contribution in [0.5, 0.6) is 0 Å². The number of hydrogen-bond donors (Lipinski definition) is 2. The van der Waals surface area contributed by atoms with Gasteiger partial charge in [-0.25, -0.2) is 0 Å². The van der Waals surface area contributed by atoms with Crippen LogP contribution < -0.4 is 10.2 Å². The van der Waals surface area contributed by atoms with Crippen molar-refractivity contribution in [1.29, 1.82) is 0 Å². The standard InChI is InChI=1S/C62H125N2O6P/c1-6-8-10-12-14-16-18-20-22-24-26-27-28-29-30-31-32-33-34-35-36-37-38-40-42-44-46-48-50-52-54-56-62(66)63-60(59-70-71(67,68)69-58-57-64(3,4)5)61(65)55-53-51-49-47-45-43-41-39-25-23-21-19-17-15-13-11-9-7-2/h24,26,60-61,65H,6-23,25,27-59H2,1-5H3,(H-,63,66,67,68)/b26-24-. The van der Waals surface area contributed by atoms with E-state index in [0.717, 1.165) is 38.5 Å². The van der Waals surface area contributed by atoms with Crippen molar-refractivity contribution in [3.63, 3.8) is 0 Å². The van der Waals surface area contributed by atoms with Crippen LogP contribution in [-0.4, -0.2) is 68.5 Å². The Labute approximate surface area is 443 Å². The summed E-state index contributed by atoms with van der Waals surface area (Å²) in [6.45, 7) is 4.77. The number of unbranched alkanes of at least 4 members (excludes halogenated alkanes) is 44. The number of nitrogens with zero attached hydrogens (tertiary/aromatic N) is 1. The Bertz CT molecular complexity index is 1160. The van der Waals surface area contributed by atoms with Crippen LogP contribution in [0.15, 0.2) is 12.2 Å². The number of quaternary nitrogens is 1. The molecule has 424 valence electrons. The summed E-state index contributed by atoms with van der Waals surface area (Å²) >= 11 is 0. The van der Waals surface area contributed by atoms with Gasteiger partial charge in [-0.3, -0.25) is 9.36 Å². The first-order valence-corrected chi connectivity index (χ1v) is 33.0. The summed E-state index contributed by atoms with van der Waals surface area (Å²) in [7, 11) is 1.32. The van der Waals surface area contributed by atoms with Crippen molar-refractivity contribution in [2.75, 3.05) is 40.9 Å². The summed E-state index contributed by atoms with van der Waals surface area (Å²) in [5, 5.41) is 14.0. The van der Waals surface area contributed by atoms with Crippen LogP contribution in [0.3, 0.4) is 0 Å². The van der Waals surface area contributed by atoms with Crippen LogP contribution in [0.4, 0.5) is 0 Å². The van der Waals surface area contributed by atoms with Gasteiger partial charge >= 0.3 is 0 Å². The number of likely N-dealkylation sites (N-methyl/N-ethyl adjacent to an activating group) is 1. The Kier molecular flexibility index (Phi) is 53.5. The summed E-state index contributed by atoms with van der Waals surface area (Å²) in [5.74, 6) is -0.157. The van der Waals surface area contributed by atoms with Gasteiger partial charge in [-0.05, 0) is 38.5 Å². The summed E-state index contributed by atoms with van der Waals surface area (Å²) in [4.78, 5) is 25.6. The van der Waals surface area contributed by atoms with E-state index < -0.39 is 20.0 Å². The smallest absolute Gasteiger partial charge is 0.268 e. The highest BCUT2D eigenvalue weighted by Gasteiger charge is 2.24. The number of allylic oxidation sites excluding steroid dienone is 2. The number of aliphatic hydroxyl groups is 1. The molecule has 71 heavy (non-hydrogen) atoms. The molecule has 0 aliphatic carbocycles. The number of carbonyl (C=O) groups is 1. The van der Waals surface area contributed by atoms with Crippen molar-refractivity contribution in [3.05, 3.63) is 12.2 Å². The van der Waals surface area contributed by atoms with Crippen molar-refractivity contribution in [3.8, 4) is 0 Å². The Hall–Kier alpha value is -0.760. The van der Waals surface area contributed by atoms with E-state index in [1.807, 2.05) is 21.1 Å². The monoisotopic (exact) mass is 1020 g/mol. The molecular weight excluding hydrogens is 900 g/mol. The topological polar surface area (TPSA) is 108 Å². The molecule has 0 bridgehead atoms. The third-order valence-electron chi connectivity index (χ3n) is 14.8. The molecule has 3 atom stereocenters. The minimum atomic E-state index is -4.57. The number of hydrogen-bond acceptors (Lipinski definition) is 6. The van der Waals surface area contributed by atoms with E-state index in [0.29, 0.717) is 23.9 Å². The zero-order valence-corrected chi connectivity index (χ0v) is 49.4. The lowest BCUT2D eigenvalue weighted by molar-refractivity contribution is -0.870. The van der Waals surface area contributed by atoms with Gasteiger partial charge in [0.05, 0.1) is 39.9 Å². The average molecular weight is 1030 g/mol. The van der Waals surface area contributed by atoms with Gasteiger partial charge in [-0.15, -0.1) is 0 Å². The van der Waals surface area contributed by atoms with Gasteiger partial charge < -0.3 is 28.8 Å². The number of carbonyl (C=O) groups excluding carboxylic acids is 1. The maximum Gasteiger partial charge on any atom is 0.268 e. The largest absolute Gasteiger partial charge is 0.756 e. The molecule has 0 aromatic heterocycles. The maximum atomic E-state index is 13.0. The normalized spacial score (nSPS) is 13.8. The van der Waals surface area contributed by atoms with E-state index in [4.69, 9.17) is 9.05 Å². The van der Waals surface area contributed by atoms with Crippen LogP contribution >= 0.6 is 7.82 Å². The molecule has 0 saturated heterocycles. The van der Waals surface area contributed by atoms with Crippen molar-refractivity contribution in [2.24, 2.45) is 0 Å². The Balaban J connectivity index is 4.01. The zero-order chi connectivity index (χ0) is 52.0. The van der Waals surface area contributed by atoms with Crippen molar-refractivity contribution in [2.45, 2.75) is 341 Å². The SMILES string of the molecule is CCCCCCCCCC/C=C\CCCCCCCCCCCCCCCCCCCCCC(=O)NC(COP(=O)([O-])OCC[N+](C)(C)C)C(O)CCCCCCCCCCCCCCCCCCCC. The van der Waals surface area contributed by atoms with Crippen LogP contribution in [0.1, 0.15) is 328 Å². The fraction of sp³-hybridized carbons (Fsp3) is 0.952. The van der Waals surface area contributed by atoms with Gasteiger partial charge in [0.2, 0.25) is 5.91 Å². The van der Waals surface area contributed by atoms with Crippen LogP contribution in [-0.2, 0) is 18.4 Å². The van der Waals surface area contributed by atoms with Gasteiger partial charge in [0.15, 0.2) is 0 Å². The maximum absolute atomic E-state index is 13.0. The highest BCUT2D eigenvalue weighted by molar-refractivity contribution is 7.45. The van der Waals surface area contributed by atoms with Gasteiger partial charge in [0.25, 0.3) is 7.82 Å². The van der Waals surface area contributed by atoms with Gasteiger partial charge in [0, 0.05) is 6.42 Å². The lowest BCUT2D eigenvalue weighted by atomic mass is 10.0. The summed E-state index contributed by atoms with van der Waals surface area (Å²) in [6, 6.07) is -0.797. The molecule has 9 heteroatoms.